The number of hydrogen-bond donors (Lipinski definition) is 1. The third-order valence-electron chi connectivity index (χ3n) is 8.23. The number of anilines is 1. The van der Waals surface area contributed by atoms with E-state index in [1.807, 2.05) is 36.1 Å². The number of piperidine rings is 1. The molecule has 4 aliphatic heterocycles. The number of likely N-dealkylation sites (tertiary alicyclic amines) is 1. The lowest BCUT2D eigenvalue weighted by Gasteiger charge is -2.39. The molecule has 4 fully saturated rings. The largest absolute Gasteiger partial charge is 0.379 e. The normalized spacial score (nSPS) is 26.5. The number of urea groups is 1. The lowest BCUT2D eigenvalue weighted by atomic mass is 9.78. The molecule has 0 unspecified atom stereocenters. The van der Waals surface area contributed by atoms with Crippen molar-refractivity contribution >= 4 is 23.5 Å². The Morgan fingerprint density at radius 3 is 2.29 bits per heavy atom. The molecule has 4 aliphatic rings. The van der Waals surface area contributed by atoms with Crippen LogP contribution in [0.5, 0.6) is 0 Å². The van der Waals surface area contributed by atoms with Crippen molar-refractivity contribution in [1.82, 2.24) is 20.0 Å². The Morgan fingerprint density at radius 2 is 1.63 bits per heavy atom. The first-order valence-corrected chi connectivity index (χ1v) is 13.0. The van der Waals surface area contributed by atoms with E-state index in [9.17, 15) is 14.4 Å². The predicted molar refractivity (Wildman–Crippen MR) is 132 cm³/mol. The van der Waals surface area contributed by atoms with Gasteiger partial charge in [-0.25, -0.2) is 4.79 Å². The topological polar surface area (TPSA) is 85.4 Å². The third-order valence-corrected chi connectivity index (χ3v) is 8.23. The lowest BCUT2D eigenvalue weighted by Crippen LogP contribution is -2.54. The van der Waals surface area contributed by atoms with Crippen LogP contribution in [0.15, 0.2) is 24.3 Å². The van der Waals surface area contributed by atoms with Gasteiger partial charge in [0.15, 0.2) is 0 Å². The summed E-state index contributed by atoms with van der Waals surface area (Å²) in [6, 6.07) is 7.64. The summed E-state index contributed by atoms with van der Waals surface area (Å²) in [5.41, 5.74) is 0.978. The van der Waals surface area contributed by atoms with Gasteiger partial charge < -0.3 is 19.9 Å². The SMILES string of the molecule is C[C@@]1(C2CCN(C(=O)c3ccc(N4CCCC4)cc3)CC2)NC(=O)N(CCN2CCOCC2)C1=O. The van der Waals surface area contributed by atoms with Crippen molar-refractivity contribution in [2.24, 2.45) is 5.92 Å². The number of ether oxygens (including phenoxy) is 1. The van der Waals surface area contributed by atoms with E-state index in [-0.39, 0.29) is 23.8 Å². The number of hydrogen-bond acceptors (Lipinski definition) is 6. The Balaban J connectivity index is 1.15. The van der Waals surface area contributed by atoms with E-state index in [0.29, 0.717) is 57.8 Å². The highest BCUT2D eigenvalue weighted by Crippen LogP contribution is 2.34. The molecular weight excluding hydrogens is 446 g/mol. The van der Waals surface area contributed by atoms with Crippen LogP contribution in [0.25, 0.3) is 0 Å². The van der Waals surface area contributed by atoms with Crippen LogP contribution in [0.2, 0.25) is 0 Å². The van der Waals surface area contributed by atoms with Crippen LogP contribution in [0.3, 0.4) is 0 Å². The highest BCUT2D eigenvalue weighted by molar-refractivity contribution is 6.07. The Kier molecular flexibility index (Phi) is 6.98. The second-order valence-corrected chi connectivity index (χ2v) is 10.4. The molecule has 190 valence electrons. The van der Waals surface area contributed by atoms with Crippen molar-refractivity contribution < 1.29 is 19.1 Å². The maximum atomic E-state index is 13.3. The minimum absolute atomic E-state index is 0.00827. The molecule has 0 saturated carbocycles. The van der Waals surface area contributed by atoms with Gasteiger partial charge >= 0.3 is 6.03 Å². The van der Waals surface area contributed by atoms with Crippen LogP contribution >= 0.6 is 0 Å². The molecule has 4 saturated heterocycles. The van der Waals surface area contributed by atoms with Gasteiger partial charge in [-0.2, -0.15) is 0 Å². The molecule has 9 heteroatoms. The van der Waals surface area contributed by atoms with Crippen molar-refractivity contribution in [2.75, 3.05) is 70.5 Å². The molecule has 4 heterocycles. The summed E-state index contributed by atoms with van der Waals surface area (Å²) in [5, 5.41) is 2.98. The number of morpholine rings is 1. The second-order valence-electron chi connectivity index (χ2n) is 10.4. The number of imide groups is 1. The molecule has 0 spiro atoms. The fraction of sp³-hybridized carbons (Fsp3) is 0.654. The predicted octanol–water partition coefficient (Wildman–Crippen LogP) is 1.78. The summed E-state index contributed by atoms with van der Waals surface area (Å²) >= 11 is 0. The first kappa shape index (κ1) is 24.1. The second kappa shape index (κ2) is 10.1. The number of nitrogens with one attached hydrogen (secondary N) is 1. The van der Waals surface area contributed by atoms with Crippen molar-refractivity contribution in [2.45, 2.75) is 38.1 Å². The highest BCUT2D eigenvalue weighted by Gasteiger charge is 2.52. The van der Waals surface area contributed by atoms with Crippen LogP contribution in [0.4, 0.5) is 10.5 Å². The maximum Gasteiger partial charge on any atom is 0.325 e. The third kappa shape index (κ3) is 4.89. The maximum absolute atomic E-state index is 13.3. The smallest absolute Gasteiger partial charge is 0.325 e. The number of carbonyl (C=O) groups is 3. The molecule has 35 heavy (non-hydrogen) atoms. The van der Waals surface area contributed by atoms with E-state index in [0.717, 1.165) is 26.2 Å². The first-order chi connectivity index (χ1) is 17.0. The van der Waals surface area contributed by atoms with Crippen LogP contribution < -0.4 is 10.2 Å². The average molecular weight is 484 g/mol. The summed E-state index contributed by atoms with van der Waals surface area (Å²) in [4.78, 5) is 46.9. The molecule has 4 amide bonds. The molecule has 0 aliphatic carbocycles. The zero-order valence-electron chi connectivity index (χ0n) is 20.7. The van der Waals surface area contributed by atoms with Crippen molar-refractivity contribution in [3.05, 3.63) is 29.8 Å². The molecule has 1 aromatic carbocycles. The Bertz CT molecular complexity index is 934. The zero-order chi connectivity index (χ0) is 24.4. The van der Waals surface area contributed by atoms with Crippen LogP contribution in [0, 0.1) is 5.92 Å². The molecule has 0 aromatic heterocycles. The highest BCUT2D eigenvalue weighted by atomic mass is 16.5. The van der Waals surface area contributed by atoms with Crippen molar-refractivity contribution in [3.8, 4) is 0 Å². The van der Waals surface area contributed by atoms with Gasteiger partial charge in [-0.05, 0) is 62.8 Å². The number of rotatable bonds is 6. The van der Waals surface area contributed by atoms with E-state index in [1.54, 1.807) is 0 Å². The van der Waals surface area contributed by atoms with Crippen LogP contribution in [0.1, 0.15) is 43.0 Å². The Morgan fingerprint density at radius 1 is 0.971 bits per heavy atom. The Labute approximate surface area is 207 Å². The molecule has 5 rings (SSSR count). The summed E-state index contributed by atoms with van der Waals surface area (Å²) < 4.78 is 5.37. The monoisotopic (exact) mass is 483 g/mol. The quantitative estimate of drug-likeness (QED) is 0.621. The van der Waals surface area contributed by atoms with Crippen LogP contribution in [-0.2, 0) is 9.53 Å². The number of carbonyl (C=O) groups excluding carboxylic acids is 3. The average Bonchev–Trinajstić information content (AvgIpc) is 3.51. The first-order valence-electron chi connectivity index (χ1n) is 13.0. The van der Waals surface area contributed by atoms with Gasteiger partial charge in [-0.15, -0.1) is 0 Å². The van der Waals surface area contributed by atoms with Gasteiger partial charge in [0.2, 0.25) is 0 Å². The van der Waals surface area contributed by atoms with Gasteiger partial charge in [0, 0.05) is 63.6 Å². The van der Waals surface area contributed by atoms with E-state index >= 15 is 0 Å². The van der Waals surface area contributed by atoms with Crippen molar-refractivity contribution in [1.29, 1.82) is 0 Å². The lowest BCUT2D eigenvalue weighted by molar-refractivity contribution is -0.133. The molecular formula is C26H37N5O4. The summed E-state index contributed by atoms with van der Waals surface area (Å²) in [6.07, 6.45) is 3.83. The molecule has 1 N–H and O–H groups in total. The van der Waals surface area contributed by atoms with E-state index < -0.39 is 5.54 Å². The van der Waals surface area contributed by atoms with Gasteiger partial charge in [0.1, 0.15) is 5.54 Å². The number of nitrogens with zero attached hydrogens (tertiary/aromatic N) is 4. The zero-order valence-corrected chi connectivity index (χ0v) is 20.7. The summed E-state index contributed by atoms with van der Waals surface area (Å²) in [5.74, 6) is -0.0949. The fourth-order valence-corrected chi connectivity index (χ4v) is 5.89. The molecule has 1 aromatic rings. The fourth-order valence-electron chi connectivity index (χ4n) is 5.89. The van der Waals surface area contributed by atoms with Gasteiger partial charge in [0.25, 0.3) is 11.8 Å². The number of benzene rings is 1. The van der Waals surface area contributed by atoms with E-state index in [4.69, 9.17) is 4.74 Å². The minimum atomic E-state index is -0.908. The molecule has 0 radical (unpaired) electrons. The molecule has 9 nitrogen and oxygen atoms in total. The minimum Gasteiger partial charge on any atom is -0.379 e. The van der Waals surface area contributed by atoms with Crippen LogP contribution in [-0.4, -0.2) is 104 Å². The Hall–Kier alpha value is -2.65. The molecule has 0 bridgehead atoms. The molecule has 1 atom stereocenters. The van der Waals surface area contributed by atoms with E-state index in [1.165, 1.54) is 23.4 Å². The van der Waals surface area contributed by atoms with Gasteiger partial charge in [-0.1, -0.05) is 0 Å². The number of amides is 4. The standard InChI is InChI=1S/C26H37N5O4/c1-26(24(33)31(25(34)27-26)15-14-28-16-18-35-19-17-28)21-8-12-30(13-9-21)23(32)20-4-6-22(7-5-20)29-10-2-3-11-29/h4-7,21H,2-3,8-19H2,1H3,(H,27,34)/t26-/m0/s1. The van der Waals surface area contributed by atoms with E-state index in [2.05, 4.69) is 15.1 Å². The van der Waals surface area contributed by atoms with Gasteiger partial charge in [0.05, 0.1) is 13.2 Å². The van der Waals surface area contributed by atoms with Gasteiger partial charge in [-0.3, -0.25) is 19.4 Å². The van der Waals surface area contributed by atoms with Crippen molar-refractivity contribution in [3.63, 3.8) is 0 Å². The summed E-state index contributed by atoms with van der Waals surface area (Å²) in [6.45, 7) is 9.29. The summed E-state index contributed by atoms with van der Waals surface area (Å²) in [7, 11) is 0.